The van der Waals surface area contributed by atoms with Gasteiger partial charge in [0.05, 0.1) is 22.2 Å². The second-order valence-electron chi connectivity index (χ2n) is 5.81. The molecule has 18 heavy (non-hydrogen) atoms. The Labute approximate surface area is 112 Å². The Hall–Kier alpha value is -0.920. The zero-order valence-corrected chi connectivity index (χ0v) is 11.7. The van der Waals surface area contributed by atoms with Gasteiger partial charge in [0, 0.05) is 17.7 Å². The number of piperidine rings is 1. The maximum atomic E-state index is 9.12. The standard InChI is InChI=1S/C14H19N3S/c1-17-6-2-11(3-7-17)12-9-18-13(16-12)8-14(10-15)4-5-14/h9,11H,2-8H2,1H3. The van der Waals surface area contributed by atoms with Gasteiger partial charge >= 0.3 is 0 Å². The third kappa shape index (κ3) is 2.43. The van der Waals surface area contributed by atoms with E-state index < -0.39 is 0 Å². The first-order valence-corrected chi connectivity index (χ1v) is 7.63. The summed E-state index contributed by atoms with van der Waals surface area (Å²) in [6.07, 6.45) is 5.45. The number of nitrogens with zero attached hydrogens (tertiary/aromatic N) is 3. The smallest absolute Gasteiger partial charge is 0.0944 e. The van der Waals surface area contributed by atoms with E-state index in [4.69, 9.17) is 10.2 Å². The van der Waals surface area contributed by atoms with Gasteiger partial charge < -0.3 is 4.90 Å². The molecule has 3 nitrogen and oxygen atoms in total. The minimum absolute atomic E-state index is 0.0537. The molecule has 1 saturated heterocycles. The Balaban J connectivity index is 1.65. The zero-order chi connectivity index (χ0) is 12.6. The molecule has 96 valence electrons. The predicted molar refractivity (Wildman–Crippen MR) is 72.6 cm³/mol. The summed E-state index contributed by atoms with van der Waals surface area (Å²) in [5, 5.41) is 12.5. The normalized spacial score (nSPS) is 23.8. The van der Waals surface area contributed by atoms with Crippen LogP contribution in [0.2, 0.25) is 0 Å². The lowest BCUT2D eigenvalue weighted by Gasteiger charge is -2.27. The van der Waals surface area contributed by atoms with E-state index in [0.29, 0.717) is 5.92 Å². The highest BCUT2D eigenvalue weighted by Crippen LogP contribution is 2.48. The van der Waals surface area contributed by atoms with Gasteiger partial charge in [-0.3, -0.25) is 0 Å². The molecule has 0 unspecified atom stereocenters. The van der Waals surface area contributed by atoms with Gasteiger partial charge in [0.15, 0.2) is 0 Å². The lowest BCUT2D eigenvalue weighted by atomic mass is 9.94. The highest BCUT2D eigenvalue weighted by molar-refractivity contribution is 7.09. The van der Waals surface area contributed by atoms with Crippen LogP contribution in [0.1, 0.15) is 42.3 Å². The Morgan fingerprint density at radius 1 is 1.50 bits per heavy atom. The van der Waals surface area contributed by atoms with Crippen LogP contribution in [-0.4, -0.2) is 30.0 Å². The van der Waals surface area contributed by atoms with Crippen LogP contribution < -0.4 is 0 Å². The fourth-order valence-electron chi connectivity index (χ4n) is 2.67. The predicted octanol–water partition coefficient (Wildman–Crippen LogP) is 2.80. The van der Waals surface area contributed by atoms with Crippen molar-refractivity contribution in [2.75, 3.05) is 20.1 Å². The summed E-state index contributed by atoms with van der Waals surface area (Å²) >= 11 is 1.75. The maximum absolute atomic E-state index is 9.12. The minimum Gasteiger partial charge on any atom is -0.306 e. The summed E-state index contributed by atoms with van der Waals surface area (Å²) in [4.78, 5) is 7.17. The number of likely N-dealkylation sites (tertiary alicyclic amines) is 1. The Morgan fingerprint density at radius 3 is 2.83 bits per heavy atom. The fourth-order valence-corrected chi connectivity index (χ4v) is 3.69. The minimum atomic E-state index is -0.0537. The van der Waals surface area contributed by atoms with E-state index in [0.717, 1.165) is 19.3 Å². The number of nitriles is 1. The molecular formula is C14H19N3S. The van der Waals surface area contributed by atoms with Crippen LogP contribution in [0.4, 0.5) is 0 Å². The molecule has 0 aromatic carbocycles. The van der Waals surface area contributed by atoms with Crippen LogP contribution in [0.25, 0.3) is 0 Å². The van der Waals surface area contributed by atoms with E-state index >= 15 is 0 Å². The molecule has 0 N–H and O–H groups in total. The van der Waals surface area contributed by atoms with E-state index in [1.54, 1.807) is 11.3 Å². The average Bonchev–Trinajstić information content (AvgIpc) is 3.00. The van der Waals surface area contributed by atoms with Crippen LogP contribution >= 0.6 is 11.3 Å². The summed E-state index contributed by atoms with van der Waals surface area (Å²) in [6, 6.07) is 2.46. The third-order valence-corrected chi connectivity index (χ3v) is 5.15. The van der Waals surface area contributed by atoms with Crippen molar-refractivity contribution in [3.05, 3.63) is 16.1 Å². The van der Waals surface area contributed by atoms with Crippen molar-refractivity contribution >= 4 is 11.3 Å². The lowest BCUT2D eigenvalue weighted by molar-refractivity contribution is 0.253. The van der Waals surface area contributed by atoms with E-state index in [2.05, 4.69) is 23.4 Å². The molecule has 2 heterocycles. The maximum Gasteiger partial charge on any atom is 0.0944 e. The molecular weight excluding hydrogens is 242 g/mol. The molecule has 0 spiro atoms. The van der Waals surface area contributed by atoms with Gasteiger partial charge in [-0.05, 0) is 45.8 Å². The molecule has 0 bridgehead atoms. The lowest BCUT2D eigenvalue weighted by Crippen LogP contribution is -2.29. The number of rotatable bonds is 3. The van der Waals surface area contributed by atoms with Crippen molar-refractivity contribution in [2.45, 2.75) is 38.0 Å². The Morgan fingerprint density at radius 2 is 2.22 bits per heavy atom. The van der Waals surface area contributed by atoms with E-state index in [1.165, 1.54) is 36.6 Å². The molecule has 0 atom stereocenters. The summed E-state index contributed by atoms with van der Waals surface area (Å²) in [5.74, 6) is 0.642. The number of aromatic nitrogens is 1. The van der Waals surface area contributed by atoms with Crippen molar-refractivity contribution in [1.29, 1.82) is 5.26 Å². The van der Waals surface area contributed by atoms with Crippen LogP contribution in [0.3, 0.4) is 0 Å². The summed E-state index contributed by atoms with van der Waals surface area (Å²) in [6.45, 7) is 2.36. The van der Waals surface area contributed by atoms with E-state index in [9.17, 15) is 0 Å². The van der Waals surface area contributed by atoms with Crippen LogP contribution in [0, 0.1) is 16.7 Å². The first kappa shape index (κ1) is 12.1. The second kappa shape index (κ2) is 4.64. The molecule has 1 aromatic rings. The zero-order valence-electron chi connectivity index (χ0n) is 10.9. The third-order valence-electron chi connectivity index (χ3n) is 4.29. The van der Waals surface area contributed by atoms with Crippen LogP contribution in [-0.2, 0) is 6.42 Å². The van der Waals surface area contributed by atoms with E-state index in [-0.39, 0.29) is 5.41 Å². The molecule has 2 aliphatic rings. The number of thiazole rings is 1. The van der Waals surface area contributed by atoms with Gasteiger partial charge in [0.2, 0.25) is 0 Å². The van der Waals surface area contributed by atoms with Gasteiger partial charge in [-0.15, -0.1) is 11.3 Å². The highest BCUT2D eigenvalue weighted by atomic mass is 32.1. The monoisotopic (exact) mass is 261 g/mol. The van der Waals surface area contributed by atoms with Gasteiger partial charge in [-0.2, -0.15) is 5.26 Å². The molecule has 3 rings (SSSR count). The first-order chi connectivity index (χ1) is 8.71. The van der Waals surface area contributed by atoms with Gasteiger partial charge in [0.25, 0.3) is 0 Å². The number of hydrogen-bond donors (Lipinski definition) is 0. The summed E-state index contributed by atoms with van der Waals surface area (Å²) in [7, 11) is 2.19. The molecule has 1 aromatic heterocycles. The molecule has 1 saturated carbocycles. The van der Waals surface area contributed by atoms with Gasteiger partial charge in [0.1, 0.15) is 0 Å². The molecule has 4 heteroatoms. The number of hydrogen-bond acceptors (Lipinski definition) is 4. The topological polar surface area (TPSA) is 39.9 Å². The first-order valence-electron chi connectivity index (χ1n) is 6.75. The summed E-state index contributed by atoms with van der Waals surface area (Å²) in [5.41, 5.74) is 1.22. The van der Waals surface area contributed by atoms with E-state index in [1.807, 2.05) is 0 Å². The Bertz CT molecular complexity index is 462. The molecule has 1 aliphatic heterocycles. The highest BCUT2D eigenvalue weighted by Gasteiger charge is 2.43. The Kier molecular flexibility index (Phi) is 3.13. The second-order valence-corrected chi connectivity index (χ2v) is 6.76. The SMILES string of the molecule is CN1CCC(c2csc(CC3(C#N)CC3)n2)CC1. The molecule has 0 radical (unpaired) electrons. The van der Waals surface area contributed by atoms with Crippen molar-refractivity contribution in [3.63, 3.8) is 0 Å². The van der Waals surface area contributed by atoms with Gasteiger partial charge in [-0.1, -0.05) is 0 Å². The van der Waals surface area contributed by atoms with Crippen LogP contribution in [0.5, 0.6) is 0 Å². The average molecular weight is 261 g/mol. The largest absolute Gasteiger partial charge is 0.306 e. The fraction of sp³-hybridized carbons (Fsp3) is 0.714. The van der Waals surface area contributed by atoms with Crippen molar-refractivity contribution in [2.24, 2.45) is 5.41 Å². The molecule has 0 amide bonds. The van der Waals surface area contributed by atoms with Crippen LogP contribution in [0.15, 0.2) is 5.38 Å². The van der Waals surface area contributed by atoms with Crippen molar-refractivity contribution in [1.82, 2.24) is 9.88 Å². The van der Waals surface area contributed by atoms with Crippen molar-refractivity contribution in [3.8, 4) is 6.07 Å². The molecule has 1 aliphatic carbocycles. The molecule has 2 fully saturated rings. The quantitative estimate of drug-likeness (QED) is 0.840. The van der Waals surface area contributed by atoms with Crippen molar-refractivity contribution < 1.29 is 0 Å². The van der Waals surface area contributed by atoms with Gasteiger partial charge in [-0.25, -0.2) is 4.98 Å². The summed E-state index contributed by atoms with van der Waals surface area (Å²) < 4.78 is 0.